The molecule has 1 spiro atoms. The largest absolute Gasteiger partial charge is 0.295 e. The standard InChI is InChI=1S/C14H25N/c1-11(2)12-6-9-15(13-4-5-13)14(10-12)7-3-8-14/h11-13H,3-10H2,1-2H3/t12-/m0/s1. The highest BCUT2D eigenvalue weighted by Crippen LogP contribution is 2.51. The van der Waals surface area contributed by atoms with Gasteiger partial charge in [0.1, 0.15) is 0 Å². The summed E-state index contributed by atoms with van der Waals surface area (Å²) in [6.07, 6.45) is 10.5. The smallest absolute Gasteiger partial charge is 0.0215 e. The van der Waals surface area contributed by atoms with Crippen molar-refractivity contribution in [3.8, 4) is 0 Å². The van der Waals surface area contributed by atoms with E-state index in [1.807, 2.05) is 0 Å². The van der Waals surface area contributed by atoms with Crippen LogP contribution in [0.3, 0.4) is 0 Å². The van der Waals surface area contributed by atoms with Gasteiger partial charge in [0.15, 0.2) is 0 Å². The van der Waals surface area contributed by atoms with Crippen LogP contribution in [0, 0.1) is 11.8 Å². The lowest BCUT2D eigenvalue weighted by Crippen LogP contribution is -2.59. The van der Waals surface area contributed by atoms with E-state index in [1.165, 1.54) is 51.5 Å². The molecule has 2 aliphatic carbocycles. The summed E-state index contributed by atoms with van der Waals surface area (Å²) < 4.78 is 0. The lowest BCUT2D eigenvalue weighted by Gasteiger charge is -2.56. The molecule has 0 bridgehead atoms. The second-order valence-corrected chi connectivity index (χ2v) is 6.50. The first kappa shape index (κ1) is 10.1. The van der Waals surface area contributed by atoms with Crippen LogP contribution in [0.5, 0.6) is 0 Å². The van der Waals surface area contributed by atoms with Gasteiger partial charge in [-0.15, -0.1) is 0 Å². The molecule has 0 aromatic carbocycles. The number of likely N-dealkylation sites (tertiary alicyclic amines) is 1. The van der Waals surface area contributed by atoms with Gasteiger partial charge in [-0.1, -0.05) is 13.8 Å². The summed E-state index contributed by atoms with van der Waals surface area (Å²) in [5.41, 5.74) is 0.689. The van der Waals surface area contributed by atoms with Crippen LogP contribution in [0.4, 0.5) is 0 Å². The van der Waals surface area contributed by atoms with E-state index in [4.69, 9.17) is 0 Å². The highest BCUT2D eigenvalue weighted by atomic mass is 15.3. The molecule has 0 radical (unpaired) electrons. The maximum absolute atomic E-state index is 2.91. The van der Waals surface area contributed by atoms with Gasteiger partial charge in [0.25, 0.3) is 0 Å². The SMILES string of the molecule is CC(C)[C@H]1CCN(C2CC2)C2(CCC2)C1. The molecule has 0 aromatic rings. The second kappa shape index (κ2) is 3.48. The molecule has 15 heavy (non-hydrogen) atoms. The van der Waals surface area contributed by atoms with E-state index in [2.05, 4.69) is 18.7 Å². The van der Waals surface area contributed by atoms with E-state index in [0.717, 1.165) is 17.9 Å². The minimum Gasteiger partial charge on any atom is -0.295 e. The van der Waals surface area contributed by atoms with Crippen molar-refractivity contribution in [3.05, 3.63) is 0 Å². The van der Waals surface area contributed by atoms with Gasteiger partial charge < -0.3 is 0 Å². The van der Waals surface area contributed by atoms with Crippen molar-refractivity contribution in [1.82, 2.24) is 4.90 Å². The van der Waals surface area contributed by atoms with Gasteiger partial charge >= 0.3 is 0 Å². The molecule has 1 atom stereocenters. The minimum absolute atomic E-state index is 0.689. The van der Waals surface area contributed by atoms with Crippen molar-refractivity contribution in [2.24, 2.45) is 11.8 Å². The van der Waals surface area contributed by atoms with Crippen molar-refractivity contribution in [1.29, 1.82) is 0 Å². The fourth-order valence-corrected chi connectivity index (χ4v) is 3.85. The lowest BCUT2D eigenvalue weighted by molar-refractivity contribution is -0.0517. The molecule has 0 unspecified atom stereocenters. The first-order valence-corrected chi connectivity index (χ1v) is 6.98. The van der Waals surface area contributed by atoms with Gasteiger partial charge in [-0.2, -0.15) is 0 Å². The Morgan fingerprint density at radius 1 is 1.13 bits per heavy atom. The zero-order valence-corrected chi connectivity index (χ0v) is 10.3. The average Bonchev–Trinajstić information content (AvgIpc) is 2.97. The Labute approximate surface area is 94.2 Å². The van der Waals surface area contributed by atoms with Gasteiger partial charge in [0.05, 0.1) is 0 Å². The maximum atomic E-state index is 2.91. The van der Waals surface area contributed by atoms with E-state index < -0.39 is 0 Å². The average molecular weight is 207 g/mol. The summed E-state index contributed by atoms with van der Waals surface area (Å²) in [7, 11) is 0. The molecule has 0 aromatic heterocycles. The van der Waals surface area contributed by atoms with Crippen LogP contribution >= 0.6 is 0 Å². The summed E-state index contributed by atoms with van der Waals surface area (Å²) in [6, 6.07) is 0.999. The molecule has 3 fully saturated rings. The molecule has 2 saturated carbocycles. The van der Waals surface area contributed by atoms with Gasteiger partial charge in [-0.05, 0) is 63.3 Å². The van der Waals surface area contributed by atoms with Crippen LogP contribution < -0.4 is 0 Å². The number of rotatable bonds is 2. The Morgan fingerprint density at radius 3 is 2.33 bits per heavy atom. The highest BCUT2D eigenvalue weighted by molar-refractivity contribution is 5.06. The van der Waals surface area contributed by atoms with Crippen molar-refractivity contribution in [2.75, 3.05) is 6.54 Å². The van der Waals surface area contributed by atoms with Gasteiger partial charge in [0, 0.05) is 11.6 Å². The second-order valence-electron chi connectivity index (χ2n) is 6.50. The third-order valence-electron chi connectivity index (χ3n) is 5.21. The van der Waals surface area contributed by atoms with Crippen molar-refractivity contribution in [3.63, 3.8) is 0 Å². The summed E-state index contributed by atoms with van der Waals surface area (Å²) in [4.78, 5) is 2.91. The summed E-state index contributed by atoms with van der Waals surface area (Å²) in [5, 5.41) is 0. The van der Waals surface area contributed by atoms with Crippen LogP contribution in [-0.4, -0.2) is 23.0 Å². The molecule has 3 rings (SSSR count). The number of nitrogens with zero attached hydrogens (tertiary/aromatic N) is 1. The van der Waals surface area contributed by atoms with Crippen LogP contribution in [0.15, 0.2) is 0 Å². The van der Waals surface area contributed by atoms with E-state index in [9.17, 15) is 0 Å². The Bertz CT molecular complexity index is 238. The molecule has 86 valence electrons. The summed E-state index contributed by atoms with van der Waals surface area (Å²) in [6.45, 7) is 6.25. The monoisotopic (exact) mass is 207 g/mol. The van der Waals surface area contributed by atoms with E-state index >= 15 is 0 Å². The predicted molar refractivity (Wildman–Crippen MR) is 63.9 cm³/mol. The molecule has 1 nitrogen and oxygen atoms in total. The molecular weight excluding hydrogens is 182 g/mol. The molecular formula is C14H25N. The normalized spacial score (nSPS) is 35.8. The topological polar surface area (TPSA) is 3.24 Å². The molecule has 1 heteroatoms. The third kappa shape index (κ3) is 1.63. The Hall–Kier alpha value is -0.0400. The molecule has 1 aliphatic heterocycles. The Kier molecular flexibility index (Phi) is 2.35. The van der Waals surface area contributed by atoms with Crippen LogP contribution in [0.1, 0.15) is 58.8 Å². The van der Waals surface area contributed by atoms with Crippen LogP contribution in [-0.2, 0) is 0 Å². The fraction of sp³-hybridized carbons (Fsp3) is 1.00. The lowest BCUT2D eigenvalue weighted by atomic mass is 9.65. The number of hydrogen-bond acceptors (Lipinski definition) is 1. The molecule has 0 amide bonds. The minimum atomic E-state index is 0.689. The van der Waals surface area contributed by atoms with Crippen molar-refractivity contribution in [2.45, 2.75) is 70.4 Å². The maximum Gasteiger partial charge on any atom is 0.0215 e. The quantitative estimate of drug-likeness (QED) is 0.670. The molecule has 1 heterocycles. The van der Waals surface area contributed by atoms with E-state index in [-0.39, 0.29) is 0 Å². The fourth-order valence-electron chi connectivity index (χ4n) is 3.85. The first-order valence-electron chi connectivity index (χ1n) is 6.98. The highest BCUT2D eigenvalue weighted by Gasteiger charge is 2.51. The summed E-state index contributed by atoms with van der Waals surface area (Å²) in [5.74, 6) is 1.92. The summed E-state index contributed by atoms with van der Waals surface area (Å²) >= 11 is 0. The number of hydrogen-bond donors (Lipinski definition) is 0. The predicted octanol–water partition coefficient (Wildman–Crippen LogP) is 3.44. The van der Waals surface area contributed by atoms with Crippen molar-refractivity contribution >= 4 is 0 Å². The van der Waals surface area contributed by atoms with Gasteiger partial charge in [-0.25, -0.2) is 0 Å². The third-order valence-corrected chi connectivity index (χ3v) is 5.21. The van der Waals surface area contributed by atoms with E-state index in [0.29, 0.717) is 5.54 Å². The van der Waals surface area contributed by atoms with Gasteiger partial charge in [0.2, 0.25) is 0 Å². The van der Waals surface area contributed by atoms with Crippen LogP contribution in [0.25, 0.3) is 0 Å². The zero-order valence-electron chi connectivity index (χ0n) is 10.3. The molecule has 3 aliphatic rings. The van der Waals surface area contributed by atoms with Gasteiger partial charge in [-0.3, -0.25) is 4.90 Å². The van der Waals surface area contributed by atoms with E-state index in [1.54, 1.807) is 0 Å². The molecule has 0 N–H and O–H groups in total. The first-order chi connectivity index (χ1) is 7.21. The zero-order chi connectivity index (χ0) is 10.5. The molecule has 1 saturated heterocycles. The Balaban J connectivity index is 1.72. The number of piperidine rings is 1. The van der Waals surface area contributed by atoms with Crippen LogP contribution in [0.2, 0.25) is 0 Å². The Morgan fingerprint density at radius 2 is 1.87 bits per heavy atom. The van der Waals surface area contributed by atoms with Crippen molar-refractivity contribution < 1.29 is 0 Å².